The Balaban J connectivity index is 1.73. The van der Waals surface area contributed by atoms with Gasteiger partial charge in [-0.15, -0.1) is 0 Å². The Morgan fingerprint density at radius 1 is 0.941 bits per heavy atom. The zero-order valence-electron chi connectivity index (χ0n) is 19.7. The van der Waals surface area contributed by atoms with Crippen LogP contribution in [0.4, 0.5) is 5.88 Å². The van der Waals surface area contributed by atoms with Crippen LogP contribution in [0, 0.1) is 0 Å². The molecule has 0 fully saturated rings. The fourth-order valence-corrected chi connectivity index (χ4v) is 4.43. The molecule has 0 radical (unpaired) electrons. The Kier molecular flexibility index (Phi) is 5.84. The minimum atomic E-state index is -0.0507. The molecule has 0 aliphatic carbocycles. The van der Waals surface area contributed by atoms with Crippen LogP contribution in [-0.4, -0.2) is 10.7 Å². The molecular weight excluding hydrogens is 424 g/mol. The summed E-state index contributed by atoms with van der Waals surface area (Å²) in [5.41, 5.74) is 4.24. The molecule has 5 heteroatoms. The molecule has 5 rings (SSSR count). The van der Waals surface area contributed by atoms with Crippen molar-refractivity contribution in [3.63, 3.8) is 0 Å². The minimum Gasteiger partial charge on any atom is -0.491 e. The van der Waals surface area contributed by atoms with Gasteiger partial charge in [-0.2, -0.15) is 0 Å². The second-order valence-electron chi connectivity index (χ2n) is 8.61. The lowest BCUT2D eigenvalue weighted by atomic mass is 10.0. The lowest BCUT2D eigenvalue weighted by Crippen LogP contribution is -2.19. The highest BCUT2D eigenvalue weighted by Crippen LogP contribution is 2.40. The molecule has 0 unspecified atom stereocenters. The standard InChI is InChI=1S/C29H28N2O3/c1-4-31-24-13-9-8-12-23(24)27-26(29(31)32)25(21-14-16-22(17-15-21)33-19(2)3)28(34-27)30-18-20-10-6-5-7-11-20/h5-17,19,30H,4,18H2,1-3H3. The molecule has 2 heterocycles. The van der Waals surface area contributed by atoms with Crippen molar-refractivity contribution in [2.24, 2.45) is 0 Å². The summed E-state index contributed by atoms with van der Waals surface area (Å²) in [6.07, 6.45) is 0.0897. The number of fused-ring (bicyclic) bond motifs is 3. The lowest BCUT2D eigenvalue weighted by Gasteiger charge is -2.11. The maximum absolute atomic E-state index is 13.7. The van der Waals surface area contributed by atoms with Crippen molar-refractivity contribution in [2.75, 3.05) is 5.32 Å². The second-order valence-corrected chi connectivity index (χ2v) is 8.61. The maximum atomic E-state index is 13.7. The summed E-state index contributed by atoms with van der Waals surface area (Å²) >= 11 is 0. The first kappa shape index (κ1) is 21.8. The van der Waals surface area contributed by atoms with Gasteiger partial charge in [-0.1, -0.05) is 54.6 Å². The Morgan fingerprint density at radius 2 is 1.65 bits per heavy atom. The third-order valence-corrected chi connectivity index (χ3v) is 5.93. The average Bonchev–Trinajstić information content (AvgIpc) is 3.24. The van der Waals surface area contributed by atoms with E-state index >= 15 is 0 Å². The van der Waals surface area contributed by atoms with Gasteiger partial charge in [0, 0.05) is 18.5 Å². The van der Waals surface area contributed by atoms with E-state index in [1.807, 2.05) is 92.1 Å². The van der Waals surface area contributed by atoms with Crippen molar-refractivity contribution in [3.8, 4) is 16.9 Å². The van der Waals surface area contributed by atoms with Crippen LogP contribution in [0.1, 0.15) is 26.3 Å². The number of ether oxygens (including phenoxy) is 1. The Bertz CT molecular complexity index is 1500. The van der Waals surface area contributed by atoms with Crippen molar-refractivity contribution in [2.45, 2.75) is 40.0 Å². The topological polar surface area (TPSA) is 56.4 Å². The number of aryl methyl sites for hydroxylation is 1. The molecule has 0 aliphatic rings. The van der Waals surface area contributed by atoms with Crippen molar-refractivity contribution >= 4 is 27.8 Å². The number of nitrogens with zero attached hydrogens (tertiary/aromatic N) is 1. The predicted octanol–water partition coefficient (Wildman–Crippen LogP) is 6.83. The Labute approximate surface area is 198 Å². The molecule has 5 nitrogen and oxygen atoms in total. The highest BCUT2D eigenvalue weighted by molar-refractivity contribution is 6.10. The van der Waals surface area contributed by atoms with Crippen LogP contribution in [-0.2, 0) is 13.1 Å². The van der Waals surface area contributed by atoms with Gasteiger partial charge in [0.2, 0.25) is 5.88 Å². The zero-order chi connectivity index (χ0) is 23.7. The van der Waals surface area contributed by atoms with Crippen molar-refractivity contribution < 1.29 is 9.15 Å². The number of para-hydroxylation sites is 1. The first-order chi connectivity index (χ1) is 16.6. The van der Waals surface area contributed by atoms with Crippen LogP contribution in [0.2, 0.25) is 0 Å². The number of hydrogen-bond donors (Lipinski definition) is 1. The molecule has 172 valence electrons. The molecule has 0 bridgehead atoms. The van der Waals surface area contributed by atoms with Gasteiger partial charge in [0.15, 0.2) is 5.58 Å². The number of aromatic nitrogens is 1. The van der Waals surface area contributed by atoms with E-state index in [4.69, 9.17) is 9.15 Å². The van der Waals surface area contributed by atoms with Gasteiger partial charge < -0.3 is 19.0 Å². The SMILES string of the molecule is CCn1c(=O)c2c(-c3ccc(OC(C)C)cc3)c(NCc3ccccc3)oc2c2ccccc21. The summed E-state index contributed by atoms with van der Waals surface area (Å²) in [6, 6.07) is 25.9. The number of furan rings is 1. The van der Waals surface area contributed by atoms with Gasteiger partial charge in [0.05, 0.1) is 22.6 Å². The van der Waals surface area contributed by atoms with E-state index in [1.54, 1.807) is 0 Å². The quantitative estimate of drug-likeness (QED) is 0.294. The Hall–Kier alpha value is -3.99. The molecule has 0 saturated heterocycles. The predicted molar refractivity (Wildman–Crippen MR) is 139 cm³/mol. The number of benzene rings is 3. The second kappa shape index (κ2) is 9.10. The summed E-state index contributed by atoms with van der Waals surface area (Å²) in [7, 11) is 0. The fourth-order valence-electron chi connectivity index (χ4n) is 4.43. The monoisotopic (exact) mass is 452 g/mol. The van der Waals surface area contributed by atoms with E-state index in [1.165, 1.54) is 0 Å². The first-order valence-corrected chi connectivity index (χ1v) is 11.7. The number of rotatable bonds is 7. The maximum Gasteiger partial charge on any atom is 0.262 e. The van der Waals surface area contributed by atoms with Crippen LogP contribution < -0.4 is 15.6 Å². The number of hydrogen-bond acceptors (Lipinski definition) is 4. The molecule has 0 saturated carbocycles. The van der Waals surface area contributed by atoms with E-state index in [2.05, 4.69) is 17.4 Å². The van der Waals surface area contributed by atoms with Gasteiger partial charge in [0.1, 0.15) is 5.75 Å². The molecule has 0 aliphatic heterocycles. The van der Waals surface area contributed by atoms with E-state index in [-0.39, 0.29) is 11.7 Å². The zero-order valence-corrected chi connectivity index (χ0v) is 19.7. The molecule has 5 aromatic rings. The van der Waals surface area contributed by atoms with Crippen LogP contribution in [0.15, 0.2) is 88.1 Å². The highest BCUT2D eigenvalue weighted by Gasteiger charge is 2.23. The third-order valence-electron chi connectivity index (χ3n) is 5.93. The van der Waals surface area contributed by atoms with E-state index in [0.29, 0.717) is 29.9 Å². The summed E-state index contributed by atoms with van der Waals surface area (Å²) in [6.45, 7) is 7.16. The van der Waals surface area contributed by atoms with Crippen LogP contribution in [0.3, 0.4) is 0 Å². The lowest BCUT2D eigenvalue weighted by molar-refractivity contribution is 0.242. The molecule has 2 aromatic heterocycles. The molecule has 0 spiro atoms. The van der Waals surface area contributed by atoms with Gasteiger partial charge in [-0.25, -0.2) is 0 Å². The van der Waals surface area contributed by atoms with Gasteiger partial charge in [-0.05, 0) is 56.2 Å². The van der Waals surface area contributed by atoms with Crippen molar-refractivity contribution in [1.29, 1.82) is 0 Å². The van der Waals surface area contributed by atoms with Crippen molar-refractivity contribution in [3.05, 3.63) is 94.8 Å². The summed E-state index contributed by atoms with van der Waals surface area (Å²) in [5, 5.41) is 4.96. The van der Waals surface area contributed by atoms with Gasteiger partial charge >= 0.3 is 0 Å². The molecular formula is C29H28N2O3. The first-order valence-electron chi connectivity index (χ1n) is 11.7. The fraction of sp³-hybridized carbons (Fsp3) is 0.207. The summed E-state index contributed by atoms with van der Waals surface area (Å²) in [4.78, 5) is 13.7. The van der Waals surface area contributed by atoms with E-state index < -0.39 is 0 Å². The molecule has 0 atom stereocenters. The smallest absolute Gasteiger partial charge is 0.262 e. The van der Waals surface area contributed by atoms with E-state index in [0.717, 1.165) is 33.3 Å². The molecule has 0 amide bonds. The van der Waals surface area contributed by atoms with Crippen LogP contribution in [0.5, 0.6) is 5.75 Å². The number of anilines is 1. The summed E-state index contributed by atoms with van der Waals surface area (Å²) in [5.74, 6) is 1.38. The van der Waals surface area contributed by atoms with Gasteiger partial charge in [0.25, 0.3) is 5.56 Å². The van der Waals surface area contributed by atoms with Crippen LogP contribution >= 0.6 is 0 Å². The Morgan fingerprint density at radius 3 is 2.35 bits per heavy atom. The molecule has 34 heavy (non-hydrogen) atoms. The van der Waals surface area contributed by atoms with Crippen molar-refractivity contribution in [1.82, 2.24) is 4.57 Å². The summed E-state index contributed by atoms with van der Waals surface area (Å²) < 4.78 is 14.0. The van der Waals surface area contributed by atoms with Gasteiger partial charge in [-0.3, -0.25) is 4.79 Å². The minimum absolute atomic E-state index is 0.0507. The number of pyridine rings is 1. The van der Waals surface area contributed by atoms with Crippen LogP contribution in [0.25, 0.3) is 33.0 Å². The highest BCUT2D eigenvalue weighted by atomic mass is 16.5. The molecule has 1 N–H and O–H groups in total. The third kappa shape index (κ3) is 3.94. The molecule has 3 aromatic carbocycles. The number of nitrogens with one attached hydrogen (secondary N) is 1. The van der Waals surface area contributed by atoms with E-state index in [9.17, 15) is 4.79 Å². The largest absolute Gasteiger partial charge is 0.491 e. The average molecular weight is 453 g/mol. The normalized spacial score (nSPS) is 11.4.